The zero-order chi connectivity index (χ0) is 10.7. The maximum absolute atomic E-state index is 9.64. The lowest BCUT2D eigenvalue weighted by Gasteiger charge is -2.38. The predicted molar refractivity (Wildman–Crippen MR) is 66.4 cm³/mol. The van der Waals surface area contributed by atoms with Crippen LogP contribution in [0.25, 0.3) is 0 Å². The minimum absolute atomic E-state index is 0.0205. The molecular weight excluding hydrogens is 206 g/mol. The number of aliphatic hydroxyl groups excluding tert-OH is 1. The number of rotatable bonds is 3. The Bertz CT molecular complexity index is 206. The topological polar surface area (TPSA) is 32.3 Å². The number of hydrogen-bond donors (Lipinski definition) is 2. The molecule has 0 aromatic carbocycles. The first kappa shape index (κ1) is 11.7. The first-order chi connectivity index (χ1) is 7.27. The van der Waals surface area contributed by atoms with E-state index in [1.807, 2.05) is 11.8 Å². The summed E-state index contributed by atoms with van der Waals surface area (Å²) in [5.74, 6) is 1.20. The van der Waals surface area contributed by atoms with Gasteiger partial charge in [-0.05, 0) is 25.0 Å². The van der Waals surface area contributed by atoms with E-state index in [0.29, 0.717) is 17.9 Å². The van der Waals surface area contributed by atoms with E-state index in [9.17, 15) is 5.11 Å². The predicted octanol–water partition coefficient (Wildman–Crippen LogP) is 2.17. The van der Waals surface area contributed by atoms with E-state index in [2.05, 4.69) is 12.2 Å². The van der Waals surface area contributed by atoms with Gasteiger partial charge in [0.15, 0.2) is 0 Å². The van der Waals surface area contributed by atoms with Crippen molar-refractivity contribution in [3.63, 3.8) is 0 Å². The second kappa shape index (κ2) is 5.07. The van der Waals surface area contributed by atoms with Crippen molar-refractivity contribution in [1.29, 1.82) is 0 Å². The first-order valence-corrected chi connectivity index (χ1v) is 7.32. The van der Waals surface area contributed by atoms with Gasteiger partial charge in [0.05, 0.1) is 12.1 Å². The summed E-state index contributed by atoms with van der Waals surface area (Å²) in [6, 6.07) is 0.659. The van der Waals surface area contributed by atoms with E-state index in [0.717, 1.165) is 6.42 Å². The van der Waals surface area contributed by atoms with Gasteiger partial charge in [0.25, 0.3) is 0 Å². The molecule has 2 nitrogen and oxygen atoms in total. The Morgan fingerprint density at radius 1 is 1.33 bits per heavy atom. The Kier molecular flexibility index (Phi) is 3.97. The average Bonchev–Trinajstić information content (AvgIpc) is 2.62. The molecule has 0 bridgehead atoms. The van der Waals surface area contributed by atoms with Crippen LogP contribution in [-0.4, -0.2) is 34.3 Å². The molecule has 1 heterocycles. The Labute approximate surface area is 97.2 Å². The summed E-state index contributed by atoms with van der Waals surface area (Å²) >= 11 is 1.99. The highest BCUT2D eigenvalue weighted by atomic mass is 32.2. The van der Waals surface area contributed by atoms with E-state index in [-0.39, 0.29) is 5.54 Å². The molecule has 1 aliphatic carbocycles. The lowest BCUT2D eigenvalue weighted by Crippen LogP contribution is -2.56. The molecule has 2 fully saturated rings. The highest BCUT2D eigenvalue weighted by molar-refractivity contribution is 8.00. The van der Waals surface area contributed by atoms with Crippen molar-refractivity contribution in [3.05, 3.63) is 0 Å². The van der Waals surface area contributed by atoms with Gasteiger partial charge in [0, 0.05) is 11.3 Å². The van der Waals surface area contributed by atoms with Crippen molar-refractivity contribution in [2.45, 2.75) is 62.3 Å². The van der Waals surface area contributed by atoms with Gasteiger partial charge in [-0.1, -0.05) is 26.2 Å². The molecule has 15 heavy (non-hydrogen) atoms. The van der Waals surface area contributed by atoms with E-state index < -0.39 is 0 Å². The molecule has 2 atom stereocenters. The first-order valence-electron chi connectivity index (χ1n) is 6.27. The maximum Gasteiger partial charge on any atom is 0.0624 e. The van der Waals surface area contributed by atoms with Crippen molar-refractivity contribution in [1.82, 2.24) is 5.32 Å². The fourth-order valence-electron chi connectivity index (χ4n) is 2.88. The van der Waals surface area contributed by atoms with Gasteiger partial charge in [-0.15, -0.1) is 0 Å². The number of hydrogen-bond acceptors (Lipinski definition) is 3. The van der Waals surface area contributed by atoms with Crippen LogP contribution in [0.3, 0.4) is 0 Å². The van der Waals surface area contributed by atoms with Crippen LogP contribution in [0.4, 0.5) is 0 Å². The minimum Gasteiger partial charge on any atom is -0.394 e. The molecule has 0 aromatic heterocycles. The van der Waals surface area contributed by atoms with Crippen molar-refractivity contribution < 1.29 is 5.11 Å². The van der Waals surface area contributed by atoms with Crippen LogP contribution < -0.4 is 5.32 Å². The molecule has 0 radical (unpaired) electrons. The van der Waals surface area contributed by atoms with Gasteiger partial charge >= 0.3 is 0 Å². The summed E-state index contributed by atoms with van der Waals surface area (Å²) in [7, 11) is 0. The number of aliphatic hydroxyl groups is 1. The molecule has 2 unspecified atom stereocenters. The van der Waals surface area contributed by atoms with Crippen LogP contribution in [0, 0.1) is 0 Å². The Morgan fingerprint density at radius 3 is 2.60 bits per heavy atom. The normalized spacial score (nSPS) is 38.4. The van der Waals surface area contributed by atoms with Crippen molar-refractivity contribution in [2.75, 3.05) is 12.4 Å². The average molecular weight is 229 g/mol. The summed E-state index contributed by atoms with van der Waals surface area (Å²) < 4.78 is 0. The second-order valence-corrected chi connectivity index (χ2v) is 6.51. The molecule has 0 aromatic rings. The van der Waals surface area contributed by atoms with E-state index in [1.54, 1.807) is 0 Å². The van der Waals surface area contributed by atoms with Gasteiger partial charge < -0.3 is 10.4 Å². The second-order valence-electron chi connectivity index (χ2n) is 5.06. The van der Waals surface area contributed by atoms with E-state index >= 15 is 0 Å². The van der Waals surface area contributed by atoms with Crippen LogP contribution in [0.1, 0.15) is 45.4 Å². The molecule has 0 amide bonds. The smallest absolute Gasteiger partial charge is 0.0624 e. The lowest BCUT2D eigenvalue weighted by atomic mass is 9.88. The van der Waals surface area contributed by atoms with Gasteiger partial charge in [-0.3, -0.25) is 0 Å². The zero-order valence-corrected chi connectivity index (χ0v) is 10.5. The minimum atomic E-state index is 0.0205. The third-order valence-corrected chi connectivity index (χ3v) is 5.46. The van der Waals surface area contributed by atoms with Crippen LogP contribution >= 0.6 is 11.8 Å². The summed E-state index contributed by atoms with van der Waals surface area (Å²) in [6.45, 7) is 2.56. The van der Waals surface area contributed by atoms with Crippen molar-refractivity contribution in [2.24, 2.45) is 0 Å². The third-order valence-electron chi connectivity index (χ3n) is 4.07. The van der Waals surface area contributed by atoms with E-state index in [4.69, 9.17) is 0 Å². The van der Waals surface area contributed by atoms with Crippen molar-refractivity contribution in [3.8, 4) is 0 Å². The quantitative estimate of drug-likeness (QED) is 0.778. The fourth-order valence-corrected chi connectivity index (χ4v) is 4.29. The fraction of sp³-hybridized carbons (Fsp3) is 1.00. The number of nitrogens with one attached hydrogen (secondary N) is 1. The molecule has 1 saturated carbocycles. The SMILES string of the molecule is CC1SCCC1(CO)NC1CCCCC1. The summed E-state index contributed by atoms with van der Waals surface area (Å²) in [5, 5.41) is 14.0. The molecule has 2 N–H and O–H groups in total. The molecule has 1 saturated heterocycles. The van der Waals surface area contributed by atoms with Gasteiger partial charge in [0.1, 0.15) is 0 Å². The van der Waals surface area contributed by atoms with Gasteiger partial charge in [-0.2, -0.15) is 11.8 Å². The zero-order valence-electron chi connectivity index (χ0n) is 9.67. The highest BCUT2D eigenvalue weighted by Gasteiger charge is 2.41. The Hall–Kier alpha value is 0.270. The monoisotopic (exact) mass is 229 g/mol. The molecule has 2 rings (SSSR count). The lowest BCUT2D eigenvalue weighted by molar-refractivity contribution is 0.139. The molecule has 2 aliphatic rings. The number of thioether (sulfide) groups is 1. The van der Waals surface area contributed by atoms with Crippen LogP contribution in [0.15, 0.2) is 0 Å². The van der Waals surface area contributed by atoms with Crippen LogP contribution in [0.2, 0.25) is 0 Å². The largest absolute Gasteiger partial charge is 0.394 e. The van der Waals surface area contributed by atoms with Crippen molar-refractivity contribution >= 4 is 11.8 Å². The molecule has 1 aliphatic heterocycles. The Balaban J connectivity index is 1.94. The maximum atomic E-state index is 9.64. The molecule has 88 valence electrons. The van der Waals surface area contributed by atoms with Crippen LogP contribution in [-0.2, 0) is 0 Å². The van der Waals surface area contributed by atoms with Gasteiger partial charge in [0.2, 0.25) is 0 Å². The van der Waals surface area contributed by atoms with E-state index in [1.165, 1.54) is 37.9 Å². The molecule has 0 spiro atoms. The van der Waals surface area contributed by atoms with Gasteiger partial charge in [-0.25, -0.2) is 0 Å². The summed E-state index contributed by atoms with van der Waals surface area (Å²) in [4.78, 5) is 0. The third kappa shape index (κ3) is 2.51. The summed E-state index contributed by atoms with van der Waals surface area (Å²) in [5.41, 5.74) is 0.0205. The summed E-state index contributed by atoms with van der Waals surface area (Å²) in [6.07, 6.45) is 7.86. The standard InChI is InChI=1S/C12H23NOS/c1-10-12(9-14,7-8-15-10)13-11-5-3-2-4-6-11/h10-11,13-14H,2-9H2,1H3. The molecule has 3 heteroatoms. The Morgan fingerprint density at radius 2 is 2.07 bits per heavy atom. The molecular formula is C12H23NOS. The van der Waals surface area contributed by atoms with Crippen LogP contribution in [0.5, 0.6) is 0 Å². The highest BCUT2D eigenvalue weighted by Crippen LogP contribution is 2.36.